The van der Waals surface area contributed by atoms with Crippen molar-refractivity contribution in [2.75, 3.05) is 13.2 Å². The van der Waals surface area contributed by atoms with E-state index in [1.54, 1.807) is 0 Å². The molecule has 1 unspecified atom stereocenters. The summed E-state index contributed by atoms with van der Waals surface area (Å²) in [5.41, 5.74) is 0. The average Bonchev–Trinajstić information content (AvgIpc) is 2.43. The molecule has 0 aliphatic rings. The van der Waals surface area contributed by atoms with Gasteiger partial charge in [-0.05, 0) is 6.42 Å². The Bertz CT molecular complexity index is 257. The van der Waals surface area contributed by atoms with Gasteiger partial charge in [0.1, 0.15) is 0 Å². The van der Waals surface area contributed by atoms with Gasteiger partial charge in [-0.3, -0.25) is 4.79 Å². The quantitative estimate of drug-likeness (QED) is 0.214. The molecule has 134 valence electrons. The van der Waals surface area contributed by atoms with E-state index >= 15 is 0 Å². The van der Waals surface area contributed by atoms with E-state index in [1.807, 2.05) is 0 Å². The number of carboxylic acids is 1. The minimum Gasteiger partial charge on any atom is -0.481 e. The lowest BCUT2D eigenvalue weighted by Crippen LogP contribution is -2.41. The number of carbonyl (C=O) groups is 1. The van der Waals surface area contributed by atoms with Crippen LogP contribution in [0.3, 0.4) is 0 Å². The van der Waals surface area contributed by atoms with Crippen LogP contribution in [-0.2, 0) is 9.22 Å². The predicted octanol–water partition coefficient (Wildman–Crippen LogP) is -0.0196. The highest BCUT2D eigenvalue weighted by atomic mass is 28.4. The van der Waals surface area contributed by atoms with Crippen molar-refractivity contribution in [3.8, 4) is 0 Å². The van der Waals surface area contributed by atoms with Gasteiger partial charge in [-0.1, -0.05) is 45.4 Å². The van der Waals surface area contributed by atoms with Crippen molar-refractivity contribution in [2.24, 2.45) is 0 Å². The summed E-state index contributed by atoms with van der Waals surface area (Å²) >= 11 is 0. The number of unbranched alkanes of at least 4 members (excludes halogenated alkanes) is 6. The second-order valence-electron chi connectivity index (χ2n) is 4.99. The van der Waals surface area contributed by atoms with E-state index in [2.05, 4.69) is 11.3 Å². The summed E-state index contributed by atoms with van der Waals surface area (Å²) in [5.74, 6) is -0.663. The van der Waals surface area contributed by atoms with Gasteiger partial charge in [0.25, 0.3) is 0 Å². The van der Waals surface area contributed by atoms with Gasteiger partial charge in [0.05, 0.1) is 19.3 Å². The summed E-state index contributed by atoms with van der Waals surface area (Å²) in [6.07, 6.45) is 7.45. The third-order valence-corrected chi connectivity index (χ3v) is 3.23. The van der Waals surface area contributed by atoms with E-state index in [0.717, 1.165) is 12.8 Å². The van der Waals surface area contributed by atoms with Crippen LogP contribution < -0.4 is 0 Å². The number of aliphatic hydroxyl groups excluding tert-OH is 2. The van der Waals surface area contributed by atoms with Crippen LogP contribution in [0.4, 0.5) is 0 Å². The van der Waals surface area contributed by atoms with E-state index in [9.17, 15) is 4.79 Å². The molecule has 0 aliphatic heterocycles. The average molecular weight is 342 g/mol. The largest absolute Gasteiger partial charge is 0.671 e. The molecule has 0 aromatic heterocycles. The Balaban J connectivity index is 0. The van der Waals surface area contributed by atoms with Crippen molar-refractivity contribution in [3.05, 3.63) is 0 Å². The lowest BCUT2D eigenvalue weighted by atomic mass is 10.1. The van der Waals surface area contributed by atoms with Gasteiger partial charge in [-0.15, -0.1) is 0 Å². The summed E-state index contributed by atoms with van der Waals surface area (Å²) in [4.78, 5) is 34.7. The molecule has 0 fully saturated rings. The zero-order valence-corrected chi connectivity index (χ0v) is 14.1. The third-order valence-electron chi connectivity index (χ3n) is 2.67. The molecule has 1 atom stereocenters. The van der Waals surface area contributed by atoms with Gasteiger partial charge >= 0.3 is 15.0 Å². The highest BCUT2D eigenvalue weighted by Gasteiger charge is 2.31. The molecule has 8 nitrogen and oxygen atoms in total. The minimum atomic E-state index is -4.51. The zero-order chi connectivity index (χ0) is 17.4. The lowest BCUT2D eigenvalue weighted by molar-refractivity contribution is -0.137. The molecule has 0 aromatic carbocycles. The Kier molecular flexibility index (Phi) is 16.5. The van der Waals surface area contributed by atoms with E-state index in [1.165, 1.54) is 32.1 Å². The number of rotatable bonds is 12. The number of aliphatic carboxylic acids is 1. The minimum absolute atomic E-state index is 0.341. The van der Waals surface area contributed by atoms with Gasteiger partial charge in [-0.2, -0.15) is 0 Å². The summed E-state index contributed by atoms with van der Waals surface area (Å²) in [5, 5.41) is 25.1. The topological polar surface area (TPSA) is 148 Å². The fraction of sp³-hybridized carbons (Fsp3) is 0.923. The van der Waals surface area contributed by atoms with Crippen LogP contribution in [0.1, 0.15) is 58.3 Å². The van der Waals surface area contributed by atoms with Crippen LogP contribution >= 0.6 is 0 Å². The fourth-order valence-electron chi connectivity index (χ4n) is 1.49. The maximum Gasteiger partial charge on any atom is 0.671 e. The normalized spacial score (nSPS) is 12.5. The Morgan fingerprint density at radius 3 is 1.95 bits per heavy atom. The molecule has 0 aromatic rings. The lowest BCUT2D eigenvalue weighted by Gasteiger charge is -2.11. The van der Waals surface area contributed by atoms with Crippen molar-refractivity contribution in [1.29, 1.82) is 0 Å². The first kappa shape index (κ1) is 23.7. The molecule has 0 saturated heterocycles. The highest BCUT2D eigenvalue weighted by molar-refractivity contribution is 6.48. The second-order valence-corrected chi connectivity index (χ2v) is 6.42. The number of hydrogen-bond acceptors (Lipinski definition) is 7. The molecular weight excluding hydrogens is 312 g/mol. The first-order chi connectivity index (χ1) is 10.2. The van der Waals surface area contributed by atoms with Gasteiger partial charge in [0.15, 0.2) is 0 Å². The summed E-state index contributed by atoms with van der Waals surface area (Å²) in [6.45, 7) is 1.15. The molecule has 0 aliphatic carbocycles. The monoisotopic (exact) mass is 342 g/mol. The smallest absolute Gasteiger partial charge is 0.481 e. The van der Waals surface area contributed by atoms with Crippen LogP contribution in [-0.4, -0.2) is 64.0 Å². The molecule has 6 N–H and O–H groups in total. The van der Waals surface area contributed by atoms with Crippen LogP contribution in [0.5, 0.6) is 0 Å². The molecule has 0 rings (SSSR count). The zero-order valence-electron chi connectivity index (χ0n) is 13.1. The number of aliphatic hydroxyl groups is 2. The van der Waals surface area contributed by atoms with E-state index in [-0.39, 0.29) is 0 Å². The van der Waals surface area contributed by atoms with Crippen LogP contribution in [0.15, 0.2) is 0 Å². The summed E-state index contributed by atoms with van der Waals surface area (Å²) in [7, 11) is -4.51. The Hall–Kier alpha value is -0.553. The first-order valence-electron chi connectivity index (χ1n) is 7.54. The molecular formula is C13H30O8Si. The Morgan fingerprint density at radius 1 is 1.05 bits per heavy atom. The standard InChI is InChI=1S/C10H20O2.C3H10O6Si/c1-2-3-4-5-6-7-8-9-10(11)12;4-1-3(5)2-9-10(6,7)8/h2-9H2,1H3,(H,11,12);3-8H,1-2H2. The SMILES string of the molecule is CCCCCCCCCC(=O)O.OCC(O)CO[Si](O)(O)O. The van der Waals surface area contributed by atoms with Crippen LogP contribution in [0.2, 0.25) is 0 Å². The predicted molar refractivity (Wildman–Crippen MR) is 81.7 cm³/mol. The van der Waals surface area contributed by atoms with Crippen molar-refractivity contribution < 1.29 is 38.9 Å². The number of hydrogen-bond donors (Lipinski definition) is 6. The van der Waals surface area contributed by atoms with Crippen molar-refractivity contribution in [1.82, 2.24) is 0 Å². The molecule has 22 heavy (non-hydrogen) atoms. The molecule has 0 bridgehead atoms. The summed E-state index contributed by atoms with van der Waals surface area (Å²) in [6, 6.07) is 0. The van der Waals surface area contributed by atoms with Crippen LogP contribution in [0, 0.1) is 0 Å². The first-order valence-corrected chi connectivity index (χ1v) is 9.29. The second kappa shape index (κ2) is 15.3. The van der Waals surface area contributed by atoms with Crippen molar-refractivity contribution in [2.45, 2.75) is 64.4 Å². The maximum atomic E-state index is 10.1. The van der Waals surface area contributed by atoms with Crippen molar-refractivity contribution >= 4 is 15.0 Å². The van der Waals surface area contributed by atoms with E-state index in [0.29, 0.717) is 6.42 Å². The van der Waals surface area contributed by atoms with Gasteiger partial charge in [0, 0.05) is 6.42 Å². The molecule has 9 heteroatoms. The molecule has 0 amide bonds. The molecule has 0 heterocycles. The van der Waals surface area contributed by atoms with Crippen LogP contribution in [0.25, 0.3) is 0 Å². The van der Waals surface area contributed by atoms with Gasteiger partial charge in [-0.25, -0.2) is 0 Å². The van der Waals surface area contributed by atoms with Crippen molar-refractivity contribution in [3.63, 3.8) is 0 Å². The molecule has 0 radical (unpaired) electrons. The summed E-state index contributed by atoms with van der Waals surface area (Å²) < 4.78 is 3.98. The fourth-order valence-corrected chi connectivity index (χ4v) is 1.91. The Labute approximate surface area is 132 Å². The molecule has 0 spiro atoms. The van der Waals surface area contributed by atoms with Gasteiger partial charge in [0.2, 0.25) is 0 Å². The van der Waals surface area contributed by atoms with E-state index in [4.69, 9.17) is 29.7 Å². The maximum absolute atomic E-state index is 10.1. The molecule has 0 saturated carbocycles. The highest BCUT2D eigenvalue weighted by Crippen LogP contribution is 2.07. The third kappa shape index (κ3) is 24.5. The Morgan fingerprint density at radius 2 is 1.55 bits per heavy atom. The van der Waals surface area contributed by atoms with E-state index < -0.39 is 34.3 Å². The van der Waals surface area contributed by atoms with Gasteiger partial charge < -0.3 is 34.1 Å². The number of carboxylic acid groups (broad SMARTS) is 1.